The van der Waals surface area contributed by atoms with Gasteiger partial charge in [-0.15, -0.1) is 0 Å². The van der Waals surface area contributed by atoms with E-state index in [0.29, 0.717) is 20.1 Å². The molecular weight excluding hydrogens is 324 g/mol. The van der Waals surface area contributed by atoms with Crippen molar-refractivity contribution in [2.75, 3.05) is 5.32 Å². The monoisotopic (exact) mass is 333 g/mol. The van der Waals surface area contributed by atoms with Crippen molar-refractivity contribution in [2.45, 2.75) is 13.0 Å². The lowest BCUT2D eigenvalue weighted by Crippen LogP contribution is -2.07. The van der Waals surface area contributed by atoms with Crippen LogP contribution in [-0.2, 0) is 0 Å². The highest BCUT2D eigenvalue weighted by atomic mass is 35.5. The first-order valence-electron chi connectivity index (χ1n) is 5.64. The first-order valence-corrected chi connectivity index (χ1v) is 7.15. The molecule has 1 N–H and O–H groups in total. The SMILES string of the molecule is CC(Nc1cc(Cl)ccc1Cl)c1cccc(Cl)c1Cl. The summed E-state index contributed by atoms with van der Waals surface area (Å²) in [5.74, 6) is 0. The minimum atomic E-state index is -0.0397. The van der Waals surface area contributed by atoms with E-state index < -0.39 is 0 Å². The predicted molar refractivity (Wildman–Crippen MR) is 85.0 cm³/mol. The average Bonchev–Trinajstić information content (AvgIpc) is 2.37. The van der Waals surface area contributed by atoms with Crippen LogP contribution in [0.5, 0.6) is 0 Å². The lowest BCUT2D eigenvalue weighted by Gasteiger charge is -2.18. The second-order valence-electron chi connectivity index (χ2n) is 4.13. The van der Waals surface area contributed by atoms with Gasteiger partial charge in [-0.05, 0) is 36.8 Å². The lowest BCUT2D eigenvalue weighted by atomic mass is 10.1. The Hall–Kier alpha value is -0.600. The maximum atomic E-state index is 6.19. The Morgan fingerprint density at radius 3 is 2.42 bits per heavy atom. The highest BCUT2D eigenvalue weighted by Crippen LogP contribution is 2.33. The highest BCUT2D eigenvalue weighted by molar-refractivity contribution is 6.42. The Balaban J connectivity index is 2.28. The fourth-order valence-electron chi connectivity index (χ4n) is 1.77. The van der Waals surface area contributed by atoms with Crippen LogP contribution in [-0.4, -0.2) is 0 Å². The minimum Gasteiger partial charge on any atom is -0.377 e. The van der Waals surface area contributed by atoms with E-state index in [0.717, 1.165) is 11.3 Å². The molecule has 1 nitrogen and oxygen atoms in total. The summed E-state index contributed by atoms with van der Waals surface area (Å²) in [4.78, 5) is 0. The van der Waals surface area contributed by atoms with Gasteiger partial charge < -0.3 is 5.32 Å². The second-order valence-corrected chi connectivity index (χ2v) is 5.76. The van der Waals surface area contributed by atoms with Gasteiger partial charge in [-0.25, -0.2) is 0 Å². The van der Waals surface area contributed by atoms with Crippen LogP contribution in [0.15, 0.2) is 36.4 Å². The van der Waals surface area contributed by atoms with Crippen molar-refractivity contribution < 1.29 is 0 Å². The summed E-state index contributed by atoms with van der Waals surface area (Å²) in [5, 5.41) is 5.58. The van der Waals surface area contributed by atoms with Crippen LogP contribution in [0.4, 0.5) is 5.69 Å². The van der Waals surface area contributed by atoms with E-state index in [2.05, 4.69) is 5.32 Å². The van der Waals surface area contributed by atoms with Crippen LogP contribution < -0.4 is 5.32 Å². The molecule has 0 spiro atoms. The van der Waals surface area contributed by atoms with Gasteiger partial charge in [0.25, 0.3) is 0 Å². The molecule has 2 aromatic rings. The van der Waals surface area contributed by atoms with Gasteiger partial charge in [0, 0.05) is 5.02 Å². The molecule has 0 radical (unpaired) electrons. The number of anilines is 1. The van der Waals surface area contributed by atoms with E-state index in [1.165, 1.54) is 0 Å². The van der Waals surface area contributed by atoms with E-state index in [1.807, 2.05) is 19.1 Å². The summed E-state index contributed by atoms with van der Waals surface area (Å²) in [6.07, 6.45) is 0. The molecule has 0 aliphatic heterocycles. The van der Waals surface area contributed by atoms with E-state index in [4.69, 9.17) is 46.4 Å². The van der Waals surface area contributed by atoms with E-state index in [1.54, 1.807) is 24.3 Å². The molecule has 19 heavy (non-hydrogen) atoms. The molecule has 0 heterocycles. The highest BCUT2D eigenvalue weighted by Gasteiger charge is 2.13. The van der Waals surface area contributed by atoms with Crippen molar-refractivity contribution in [3.05, 3.63) is 62.1 Å². The predicted octanol–water partition coefficient (Wildman–Crippen LogP) is 6.47. The van der Waals surface area contributed by atoms with Crippen molar-refractivity contribution in [3.8, 4) is 0 Å². The largest absolute Gasteiger partial charge is 0.377 e. The van der Waals surface area contributed by atoms with Crippen LogP contribution in [0, 0.1) is 0 Å². The zero-order chi connectivity index (χ0) is 14.0. The summed E-state index contributed by atoms with van der Waals surface area (Å²) in [5.41, 5.74) is 1.67. The molecule has 0 saturated heterocycles. The van der Waals surface area contributed by atoms with Gasteiger partial charge in [-0.1, -0.05) is 58.5 Å². The molecule has 2 aromatic carbocycles. The summed E-state index contributed by atoms with van der Waals surface area (Å²) in [6.45, 7) is 1.98. The minimum absolute atomic E-state index is 0.0397. The van der Waals surface area contributed by atoms with Crippen molar-refractivity contribution in [3.63, 3.8) is 0 Å². The van der Waals surface area contributed by atoms with Gasteiger partial charge in [0.05, 0.1) is 26.8 Å². The molecule has 0 amide bonds. The van der Waals surface area contributed by atoms with Crippen LogP contribution in [0.3, 0.4) is 0 Å². The third-order valence-corrected chi connectivity index (χ3v) is 4.15. The Labute approximate surface area is 132 Å². The number of benzene rings is 2. The number of rotatable bonds is 3. The van der Waals surface area contributed by atoms with Gasteiger partial charge in [0.1, 0.15) is 0 Å². The van der Waals surface area contributed by atoms with E-state index in [-0.39, 0.29) is 6.04 Å². The van der Waals surface area contributed by atoms with Gasteiger partial charge in [0.15, 0.2) is 0 Å². The summed E-state index contributed by atoms with van der Waals surface area (Å²) < 4.78 is 0. The molecule has 1 unspecified atom stereocenters. The maximum Gasteiger partial charge on any atom is 0.0644 e. The fourth-order valence-corrected chi connectivity index (χ4v) is 2.59. The number of nitrogens with one attached hydrogen (secondary N) is 1. The Morgan fingerprint density at radius 1 is 0.947 bits per heavy atom. The van der Waals surface area contributed by atoms with E-state index in [9.17, 15) is 0 Å². The quantitative estimate of drug-likeness (QED) is 0.677. The standard InChI is InChI=1S/C14H11Cl4N/c1-8(10-3-2-4-12(17)14(10)18)19-13-7-9(15)5-6-11(13)16/h2-8,19H,1H3. The topological polar surface area (TPSA) is 12.0 Å². The smallest absolute Gasteiger partial charge is 0.0644 e. The lowest BCUT2D eigenvalue weighted by molar-refractivity contribution is 0.885. The Morgan fingerprint density at radius 2 is 1.68 bits per heavy atom. The fraction of sp³-hybridized carbons (Fsp3) is 0.143. The first-order chi connectivity index (χ1) is 8.99. The molecule has 100 valence electrons. The number of hydrogen-bond donors (Lipinski definition) is 1. The van der Waals surface area contributed by atoms with E-state index >= 15 is 0 Å². The van der Waals surface area contributed by atoms with Crippen molar-refractivity contribution in [1.82, 2.24) is 0 Å². The van der Waals surface area contributed by atoms with Gasteiger partial charge in [-0.3, -0.25) is 0 Å². The number of halogens is 4. The first kappa shape index (κ1) is 14.8. The van der Waals surface area contributed by atoms with Gasteiger partial charge in [0.2, 0.25) is 0 Å². The van der Waals surface area contributed by atoms with Gasteiger partial charge in [-0.2, -0.15) is 0 Å². The second kappa shape index (κ2) is 6.23. The molecule has 1 atom stereocenters. The molecule has 0 bridgehead atoms. The zero-order valence-electron chi connectivity index (χ0n) is 10.1. The van der Waals surface area contributed by atoms with Crippen molar-refractivity contribution in [2.24, 2.45) is 0 Å². The number of hydrogen-bond acceptors (Lipinski definition) is 1. The maximum absolute atomic E-state index is 6.19. The molecule has 2 rings (SSSR count). The molecule has 0 fully saturated rings. The Kier molecular flexibility index (Phi) is 4.86. The average molecular weight is 335 g/mol. The third-order valence-electron chi connectivity index (χ3n) is 2.75. The van der Waals surface area contributed by atoms with Crippen molar-refractivity contribution >= 4 is 52.1 Å². The summed E-state index contributed by atoms with van der Waals surface area (Å²) in [7, 11) is 0. The molecule has 5 heteroatoms. The molecule has 0 saturated carbocycles. The normalized spacial score (nSPS) is 12.3. The Bertz CT molecular complexity index is 598. The molecular formula is C14H11Cl4N. The summed E-state index contributed by atoms with van der Waals surface area (Å²) >= 11 is 24.3. The molecule has 0 aromatic heterocycles. The molecule has 0 aliphatic rings. The van der Waals surface area contributed by atoms with Crippen LogP contribution in [0.1, 0.15) is 18.5 Å². The van der Waals surface area contributed by atoms with Crippen LogP contribution >= 0.6 is 46.4 Å². The molecule has 0 aliphatic carbocycles. The third kappa shape index (κ3) is 3.49. The zero-order valence-corrected chi connectivity index (χ0v) is 13.1. The van der Waals surface area contributed by atoms with Crippen LogP contribution in [0.25, 0.3) is 0 Å². The van der Waals surface area contributed by atoms with Gasteiger partial charge >= 0.3 is 0 Å². The van der Waals surface area contributed by atoms with Crippen LogP contribution in [0.2, 0.25) is 20.1 Å². The summed E-state index contributed by atoms with van der Waals surface area (Å²) in [6, 6.07) is 10.8. The van der Waals surface area contributed by atoms with Crippen molar-refractivity contribution in [1.29, 1.82) is 0 Å².